The summed E-state index contributed by atoms with van der Waals surface area (Å²) in [6.07, 6.45) is 7.32. The minimum Gasteiger partial charge on any atom is -0.484 e. The van der Waals surface area contributed by atoms with Crippen molar-refractivity contribution >= 4 is 29.8 Å². The van der Waals surface area contributed by atoms with E-state index in [0.717, 1.165) is 24.2 Å². The van der Waals surface area contributed by atoms with Crippen molar-refractivity contribution in [2.45, 2.75) is 56.1 Å². The van der Waals surface area contributed by atoms with Crippen LogP contribution in [0.15, 0.2) is 59.7 Å². The standard InChI is InChI=1S/C25H31N3O3S/c1-19(32-18-21-8-4-2-5-9-21)25(30)28-26-16-20-12-14-23(15-13-20)31-17-24(29)27-22-10-6-3-7-11-22/h2,4-5,8-9,12-16,19,22H,3,6-7,10-11,17-18H2,1H3,(H,27,29)(H,28,30)/b26-16-/t19-/m1/s1. The van der Waals surface area contributed by atoms with Crippen molar-refractivity contribution in [1.82, 2.24) is 10.7 Å². The molecule has 3 rings (SSSR count). The molecule has 170 valence electrons. The molecule has 1 aliphatic rings. The van der Waals surface area contributed by atoms with Crippen LogP contribution in [0, 0.1) is 0 Å². The van der Waals surface area contributed by atoms with Crippen molar-refractivity contribution in [3.63, 3.8) is 0 Å². The normalized spacial score (nSPS) is 15.3. The quantitative estimate of drug-likeness (QED) is 0.416. The highest BCUT2D eigenvalue weighted by molar-refractivity contribution is 7.99. The van der Waals surface area contributed by atoms with Gasteiger partial charge in [-0.3, -0.25) is 9.59 Å². The van der Waals surface area contributed by atoms with Gasteiger partial charge in [0.05, 0.1) is 11.5 Å². The van der Waals surface area contributed by atoms with Gasteiger partial charge in [-0.1, -0.05) is 49.6 Å². The summed E-state index contributed by atoms with van der Waals surface area (Å²) in [5.41, 5.74) is 4.60. The predicted molar refractivity (Wildman–Crippen MR) is 130 cm³/mol. The zero-order valence-corrected chi connectivity index (χ0v) is 19.3. The second-order valence-corrected chi connectivity index (χ2v) is 9.26. The van der Waals surface area contributed by atoms with Crippen LogP contribution in [-0.4, -0.2) is 35.9 Å². The average Bonchev–Trinajstić information content (AvgIpc) is 2.83. The van der Waals surface area contributed by atoms with Crippen molar-refractivity contribution in [1.29, 1.82) is 0 Å². The Bertz CT molecular complexity index is 881. The van der Waals surface area contributed by atoms with Gasteiger partial charge in [-0.2, -0.15) is 5.10 Å². The Morgan fingerprint density at radius 3 is 2.53 bits per heavy atom. The lowest BCUT2D eigenvalue weighted by molar-refractivity contribution is -0.124. The molecule has 0 unspecified atom stereocenters. The fourth-order valence-electron chi connectivity index (χ4n) is 3.45. The third-order valence-electron chi connectivity index (χ3n) is 5.32. The van der Waals surface area contributed by atoms with Crippen LogP contribution < -0.4 is 15.5 Å². The molecule has 1 aliphatic carbocycles. The number of amides is 2. The monoisotopic (exact) mass is 453 g/mol. The van der Waals surface area contributed by atoms with E-state index in [1.54, 1.807) is 30.1 Å². The highest BCUT2D eigenvalue weighted by Crippen LogP contribution is 2.18. The molecule has 32 heavy (non-hydrogen) atoms. The molecular formula is C25H31N3O3S. The predicted octanol–water partition coefficient (Wildman–Crippen LogP) is 4.29. The van der Waals surface area contributed by atoms with Gasteiger partial charge in [-0.15, -0.1) is 11.8 Å². The van der Waals surface area contributed by atoms with Crippen LogP contribution in [0.2, 0.25) is 0 Å². The largest absolute Gasteiger partial charge is 0.484 e. The summed E-state index contributed by atoms with van der Waals surface area (Å²) >= 11 is 1.57. The number of rotatable bonds is 10. The van der Waals surface area contributed by atoms with Crippen molar-refractivity contribution in [2.75, 3.05) is 6.61 Å². The highest BCUT2D eigenvalue weighted by Gasteiger charge is 2.16. The third-order valence-corrected chi connectivity index (χ3v) is 6.53. The SMILES string of the molecule is C[C@@H](SCc1ccccc1)C(=O)N/N=C\c1ccc(OCC(=O)NC2CCCCC2)cc1. The van der Waals surface area contributed by atoms with Crippen LogP contribution in [-0.2, 0) is 15.3 Å². The smallest absolute Gasteiger partial charge is 0.258 e. The Morgan fingerprint density at radius 2 is 1.81 bits per heavy atom. The van der Waals surface area contributed by atoms with E-state index in [1.165, 1.54) is 24.8 Å². The molecule has 0 radical (unpaired) electrons. The van der Waals surface area contributed by atoms with Crippen molar-refractivity contribution in [3.05, 3.63) is 65.7 Å². The van der Waals surface area contributed by atoms with Crippen LogP contribution in [0.5, 0.6) is 5.75 Å². The Labute approximate surface area is 194 Å². The Balaban J connectivity index is 1.35. The number of carbonyl (C=O) groups is 2. The maximum atomic E-state index is 12.2. The topological polar surface area (TPSA) is 79.8 Å². The number of hydrazone groups is 1. The van der Waals surface area contributed by atoms with E-state index in [2.05, 4.69) is 15.8 Å². The number of hydrogen-bond acceptors (Lipinski definition) is 5. The molecule has 2 amide bonds. The highest BCUT2D eigenvalue weighted by atomic mass is 32.2. The van der Waals surface area contributed by atoms with Gasteiger partial charge in [0.15, 0.2) is 6.61 Å². The molecule has 2 aromatic carbocycles. The lowest BCUT2D eigenvalue weighted by atomic mass is 9.95. The fraction of sp³-hybridized carbons (Fsp3) is 0.400. The van der Waals surface area contributed by atoms with Gasteiger partial charge in [0, 0.05) is 11.8 Å². The minimum atomic E-state index is -0.206. The zero-order chi connectivity index (χ0) is 22.6. The van der Waals surface area contributed by atoms with Crippen LogP contribution in [0.1, 0.15) is 50.2 Å². The second kappa shape index (κ2) is 12.9. The summed E-state index contributed by atoms with van der Waals surface area (Å²) in [6, 6.07) is 17.6. The number of nitrogens with one attached hydrogen (secondary N) is 2. The molecule has 2 N–H and O–H groups in total. The molecule has 0 aromatic heterocycles. The number of ether oxygens (including phenoxy) is 1. The lowest BCUT2D eigenvalue weighted by Crippen LogP contribution is -2.38. The first-order valence-corrected chi connectivity index (χ1v) is 12.2. The molecular weight excluding hydrogens is 422 g/mol. The summed E-state index contributed by atoms with van der Waals surface area (Å²) < 4.78 is 5.57. The molecule has 0 spiro atoms. The van der Waals surface area contributed by atoms with Crippen LogP contribution in [0.25, 0.3) is 0 Å². The summed E-state index contributed by atoms with van der Waals surface area (Å²) in [5.74, 6) is 1.19. The van der Waals surface area contributed by atoms with E-state index in [-0.39, 0.29) is 29.7 Å². The average molecular weight is 454 g/mol. The number of benzene rings is 2. The van der Waals surface area contributed by atoms with E-state index >= 15 is 0 Å². The molecule has 2 aromatic rings. The summed E-state index contributed by atoms with van der Waals surface area (Å²) in [5, 5.41) is 6.88. The number of nitrogens with zero attached hydrogens (tertiary/aromatic N) is 1. The molecule has 6 nitrogen and oxygen atoms in total. The molecule has 1 fully saturated rings. The van der Waals surface area contributed by atoms with E-state index < -0.39 is 0 Å². The van der Waals surface area contributed by atoms with Crippen LogP contribution in [0.3, 0.4) is 0 Å². The number of carbonyl (C=O) groups excluding carboxylic acids is 2. The summed E-state index contributed by atoms with van der Waals surface area (Å²) in [7, 11) is 0. The molecule has 7 heteroatoms. The van der Waals surface area contributed by atoms with Crippen molar-refractivity contribution in [2.24, 2.45) is 5.10 Å². The molecule has 0 saturated heterocycles. The molecule has 0 aliphatic heterocycles. The Morgan fingerprint density at radius 1 is 1.09 bits per heavy atom. The van der Waals surface area contributed by atoms with E-state index in [0.29, 0.717) is 5.75 Å². The molecule has 0 heterocycles. The van der Waals surface area contributed by atoms with Gasteiger partial charge in [0.1, 0.15) is 5.75 Å². The summed E-state index contributed by atoms with van der Waals surface area (Å²) in [6.45, 7) is 1.88. The lowest BCUT2D eigenvalue weighted by Gasteiger charge is -2.22. The maximum Gasteiger partial charge on any atom is 0.258 e. The molecule has 1 saturated carbocycles. The van der Waals surface area contributed by atoms with E-state index in [1.807, 2.05) is 49.4 Å². The Hall–Kier alpha value is -2.80. The van der Waals surface area contributed by atoms with Gasteiger partial charge in [0.25, 0.3) is 11.8 Å². The van der Waals surface area contributed by atoms with E-state index in [9.17, 15) is 9.59 Å². The number of thioether (sulfide) groups is 1. The van der Waals surface area contributed by atoms with Gasteiger partial charge in [-0.05, 0) is 55.2 Å². The molecule has 1 atom stereocenters. The number of hydrogen-bond donors (Lipinski definition) is 2. The van der Waals surface area contributed by atoms with Gasteiger partial charge in [-0.25, -0.2) is 5.43 Å². The van der Waals surface area contributed by atoms with Gasteiger partial charge < -0.3 is 10.1 Å². The molecule has 0 bridgehead atoms. The van der Waals surface area contributed by atoms with Crippen LogP contribution >= 0.6 is 11.8 Å². The van der Waals surface area contributed by atoms with Crippen molar-refractivity contribution in [3.8, 4) is 5.75 Å². The van der Waals surface area contributed by atoms with Crippen molar-refractivity contribution < 1.29 is 14.3 Å². The first-order chi connectivity index (χ1) is 15.6. The Kier molecular flexibility index (Phi) is 9.62. The first-order valence-electron chi connectivity index (χ1n) is 11.1. The zero-order valence-electron chi connectivity index (χ0n) is 18.5. The maximum absolute atomic E-state index is 12.2. The summed E-state index contributed by atoms with van der Waals surface area (Å²) in [4.78, 5) is 24.2. The van der Waals surface area contributed by atoms with Gasteiger partial charge in [0.2, 0.25) is 0 Å². The fourth-order valence-corrected chi connectivity index (χ4v) is 4.29. The second-order valence-electron chi connectivity index (χ2n) is 7.93. The van der Waals surface area contributed by atoms with Crippen LogP contribution in [0.4, 0.5) is 0 Å². The minimum absolute atomic E-state index is 0.0124. The first kappa shape index (κ1) is 23.9. The van der Waals surface area contributed by atoms with E-state index in [4.69, 9.17) is 4.74 Å². The third kappa shape index (κ3) is 8.38. The van der Waals surface area contributed by atoms with Gasteiger partial charge >= 0.3 is 0 Å².